The molecule has 0 N–H and O–H groups in total. The molecule has 2 atom stereocenters. The van der Waals surface area contributed by atoms with E-state index >= 15 is 0 Å². The Morgan fingerprint density at radius 3 is 1.98 bits per heavy atom. The molecular formula is C31H56O10. The highest BCUT2D eigenvalue weighted by Gasteiger charge is 2.39. The van der Waals surface area contributed by atoms with Gasteiger partial charge in [-0.15, -0.1) is 0 Å². The van der Waals surface area contributed by atoms with Crippen molar-refractivity contribution in [3.05, 3.63) is 0 Å². The van der Waals surface area contributed by atoms with Crippen molar-refractivity contribution in [2.24, 2.45) is 28.1 Å². The molecule has 1 heterocycles. The van der Waals surface area contributed by atoms with E-state index in [1.165, 1.54) is 0 Å². The van der Waals surface area contributed by atoms with Crippen LogP contribution in [0.1, 0.15) is 88.0 Å². The molecule has 0 spiro atoms. The molecule has 0 radical (unpaired) electrons. The first-order chi connectivity index (χ1) is 19.2. The normalized spacial score (nSPS) is 16.5. The Morgan fingerprint density at radius 2 is 1.46 bits per heavy atom. The van der Waals surface area contributed by atoms with Crippen LogP contribution in [0.4, 0.5) is 0 Å². The van der Waals surface area contributed by atoms with E-state index in [2.05, 4.69) is 34.6 Å². The molecule has 41 heavy (non-hydrogen) atoms. The molecule has 1 aliphatic heterocycles. The lowest BCUT2D eigenvalue weighted by Gasteiger charge is -2.40. The van der Waals surface area contributed by atoms with Crippen LogP contribution in [0, 0.1) is 28.1 Å². The molecule has 0 aromatic rings. The second-order valence-corrected chi connectivity index (χ2v) is 13.1. The van der Waals surface area contributed by atoms with E-state index in [0.717, 1.165) is 6.42 Å². The summed E-state index contributed by atoms with van der Waals surface area (Å²) in [6.45, 7) is 21.2. The molecule has 240 valence electrons. The Hall–Kier alpha value is -1.75. The maximum absolute atomic E-state index is 12.9. The van der Waals surface area contributed by atoms with Gasteiger partial charge in [0.05, 0.1) is 45.2 Å². The van der Waals surface area contributed by atoms with E-state index in [1.807, 2.05) is 27.7 Å². The molecule has 0 aliphatic carbocycles. The van der Waals surface area contributed by atoms with Crippen molar-refractivity contribution in [2.75, 3.05) is 59.6 Å². The average Bonchev–Trinajstić information content (AvgIpc) is 2.87. The SMILES string of the molecule is CCOCOC(COCC1(CC)COC1)COC(=O)CCC(=O)OCCOC(=O)C(CC(C)(C)C(C)C)C(C)(C)C. The van der Waals surface area contributed by atoms with Crippen LogP contribution in [-0.4, -0.2) is 83.7 Å². The van der Waals surface area contributed by atoms with E-state index in [4.69, 9.17) is 33.2 Å². The lowest BCUT2D eigenvalue weighted by atomic mass is 9.67. The van der Waals surface area contributed by atoms with Crippen LogP contribution in [-0.2, 0) is 47.5 Å². The number of hydrogen-bond donors (Lipinski definition) is 0. The van der Waals surface area contributed by atoms with E-state index < -0.39 is 18.0 Å². The van der Waals surface area contributed by atoms with E-state index in [1.54, 1.807) is 0 Å². The third kappa shape index (κ3) is 14.3. The standard InChI is InChI=1S/C31H56O10/c1-10-31(20-37-21-31)19-36-17-24(41-22-35-11-2)18-40-27(33)13-12-26(32)38-14-15-39-28(34)25(29(5,6)7)16-30(8,9)23(3)4/h23-25H,10-22H2,1-9H3. The maximum atomic E-state index is 12.9. The van der Waals surface area contributed by atoms with Crippen LogP contribution in [0.5, 0.6) is 0 Å². The Bertz CT molecular complexity index is 777. The second-order valence-electron chi connectivity index (χ2n) is 13.1. The number of ether oxygens (including phenoxy) is 7. The Kier molecular flexibility index (Phi) is 16.4. The Balaban J connectivity index is 2.36. The Labute approximate surface area is 247 Å². The van der Waals surface area contributed by atoms with Gasteiger partial charge in [-0.25, -0.2) is 0 Å². The molecule has 1 saturated heterocycles. The molecule has 0 amide bonds. The van der Waals surface area contributed by atoms with Crippen molar-refractivity contribution in [1.29, 1.82) is 0 Å². The monoisotopic (exact) mass is 588 g/mol. The highest BCUT2D eigenvalue weighted by molar-refractivity contribution is 5.77. The number of carbonyl (C=O) groups is 3. The number of hydrogen-bond acceptors (Lipinski definition) is 10. The topological polar surface area (TPSA) is 116 Å². The lowest BCUT2D eigenvalue weighted by molar-refractivity contribution is -0.175. The van der Waals surface area contributed by atoms with Gasteiger partial charge in [0, 0.05) is 12.0 Å². The fourth-order valence-electron chi connectivity index (χ4n) is 4.00. The fraction of sp³-hybridized carbons (Fsp3) is 0.903. The van der Waals surface area contributed by atoms with E-state index in [0.29, 0.717) is 38.8 Å². The van der Waals surface area contributed by atoms with Gasteiger partial charge < -0.3 is 33.2 Å². The van der Waals surface area contributed by atoms with Crippen molar-refractivity contribution in [3.8, 4) is 0 Å². The van der Waals surface area contributed by atoms with Crippen LogP contribution in [0.15, 0.2) is 0 Å². The first-order valence-electron chi connectivity index (χ1n) is 15.0. The van der Waals surface area contributed by atoms with Crippen LogP contribution in [0.25, 0.3) is 0 Å². The van der Waals surface area contributed by atoms with Gasteiger partial charge in [-0.05, 0) is 36.5 Å². The summed E-state index contributed by atoms with van der Waals surface area (Å²) >= 11 is 0. The maximum Gasteiger partial charge on any atom is 0.309 e. The summed E-state index contributed by atoms with van der Waals surface area (Å²) < 4.78 is 37.9. The molecule has 0 bridgehead atoms. The van der Waals surface area contributed by atoms with Gasteiger partial charge in [-0.2, -0.15) is 0 Å². The smallest absolute Gasteiger partial charge is 0.309 e. The van der Waals surface area contributed by atoms with Crippen molar-refractivity contribution in [3.63, 3.8) is 0 Å². The van der Waals surface area contributed by atoms with Crippen molar-refractivity contribution >= 4 is 17.9 Å². The summed E-state index contributed by atoms with van der Waals surface area (Å²) in [6, 6.07) is 0. The molecule has 1 aliphatic rings. The van der Waals surface area contributed by atoms with Gasteiger partial charge in [-0.3, -0.25) is 14.4 Å². The molecule has 0 aromatic heterocycles. The minimum Gasteiger partial charge on any atom is -0.463 e. The number of esters is 3. The average molecular weight is 589 g/mol. The lowest BCUT2D eigenvalue weighted by Crippen LogP contribution is -2.46. The Morgan fingerprint density at radius 1 is 0.854 bits per heavy atom. The van der Waals surface area contributed by atoms with Crippen LogP contribution in [0.3, 0.4) is 0 Å². The zero-order valence-corrected chi connectivity index (χ0v) is 27.0. The predicted molar refractivity (Wildman–Crippen MR) is 154 cm³/mol. The van der Waals surface area contributed by atoms with Gasteiger partial charge in [0.15, 0.2) is 0 Å². The molecule has 1 fully saturated rings. The highest BCUT2D eigenvalue weighted by atomic mass is 16.7. The first kappa shape index (κ1) is 37.3. The van der Waals surface area contributed by atoms with Gasteiger partial charge in [0.25, 0.3) is 0 Å². The largest absolute Gasteiger partial charge is 0.463 e. The molecule has 0 aromatic carbocycles. The number of rotatable bonds is 21. The third-order valence-electron chi connectivity index (χ3n) is 8.05. The first-order valence-corrected chi connectivity index (χ1v) is 15.0. The highest BCUT2D eigenvalue weighted by Crippen LogP contribution is 2.40. The molecule has 10 nitrogen and oxygen atoms in total. The fourth-order valence-corrected chi connectivity index (χ4v) is 4.00. The zero-order chi connectivity index (χ0) is 31.1. The molecule has 10 heteroatoms. The third-order valence-corrected chi connectivity index (χ3v) is 8.05. The van der Waals surface area contributed by atoms with Crippen molar-refractivity contribution in [2.45, 2.75) is 94.1 Å². The molecule has 1 rings (SSSR count). The van der Waals surface area contributed by atoms with Crippen LogP contribution >= 0.6 is 0 Å². The molecule has 2 unspecified atom stereocenters. The van der Waals surface area contributed by atoms with Gasteiger partial charge in [0.2, 0.25) is 0 Å². The minimum absolute atomic E-state index is 0.0188. The van der Waals surface area contributed by atoms with Crippen LogP contribution in [0.2, 0.25) is 0 Å². The zero-order valence-electron chi connectivity index (χ0n) is 27.0. The summed E-state index contributed by atoms with van der Waals surface area (Å²) in [4.78, 5) is 37.2. The quantitative estimate of drug-likeness (QED) is 0.0789. The van der Waals surface area contributed by atoms with E-state index in [9.17, 15) is 14.4 Å². The predicted octanol–water partition coefficient (Wildman–Crippen LogP) is 4.95. The van der Waals surface area contributed by atoms with Gasteiger partial charge >= 0.3 is 17.9 Å². The van der Waals surface area contributed by atoms with Crippen molar-refractivity contribution in [1.82, 2.24) is 0 Å². The summed E-state index contributed by atoms with van der Waals surface area (Å²) in [5.41, 5.74) is -0.245. The summed E-state index contributed by atoms with van der Waals surface area (Å²) in [7, 11) is 0. The summed E-state index contributed by atoms with van der Waals surface area (Å²) in [6.07, 6.45) is 0.890. The van der Waals surface area contributed by atoms with Crippen molar-refractivity contribution < 1.29 is 47.5 Å². The molecular weight excluding hydrogens is 532 g/mol. The minimum atomic E-state index is -0.564. The van der Waals surface area contributed by atoms with E-state index in [-0.39, 0.29) is 74.2 Å². The summed E-state index contributed by atoms with van der Waals surface area (Å²) in [5.74, 6) is -1.27. The number of carbonyl (C=O) groups excluding carboxylic acids is 3. The van der Waals surface area contributed by atoms with Gasteiger partial charge in [-0.1, -0.05) is 55.4 Å². The van der Waals surface area contributed by atoms with Crippen LogP contribution < -0.4 is 0 Å². The summed E-state index contributed by atoms with van der Waals surface area (Å²) in [5, 5.41) is 0. The second kappa shape index (κ2) is 18.0. The molecule has 0 saturated carbocycles. The van der Waals surface area contributed by atoms with Gasteiger partial charge in [0.1, 0.15) is 32.7 Å².